The Bertz CT molecular complexity index is 1180. The molecular formula is C23H22Cl5N3O4. The van der Waals surface area contributed by atoms with E-state index in [0.29, 0.717) is 56.9 Å². The highest BCUT2D eigenvalue weighted by molar-refractivity contribution is 6.35. The van der Waals surface area contributed by atoms with Crippen LogP contribution in [0.4, 0.5) is 11.4 Å². The van der Waals surface area contributed by atoms with Crippen molar-refractivity contribution in [1.29, 1.82) is 0 Å². The quantitative estimate of drug-likeness (QED) is 0.139. The number of anilines is 1. The molecule has 0 unspecified atom stereocenters. The van der Waals surface area contributed by atoms with Crippen molar-refractivity contribution in [3.63, 3.8) is 0 Å². The van der Waals surface area contributed by atoms with Gasteiger partial charge in [0, 0.05) is 47.4 Å². The summed E-state index contributed by atoms with van der Waals surface area (Å²) < 4.78 is 11.3. The Kier molecular flexibility index (Phi) is 11.5. The normalized spacial score (nSPS) is 10.4. The second kappa shape index (κ2) is 13.8. The van der Waals surface area contributed by atoms with Crippen molar-refractivity contribution in [2.75, 3.05) is 25.5 Å². The monoisotopic (exact) mass is 579 g/mol. The first-order chi connectivity index (χ1) is 16.3. The number of benzene rings is 3. The van der Waals surface area contributed by atoms with Gasteiger partial charge >= 0.3 is 0 Å². The van der Waals surface area contributed by atoms with Gasteiger partial charge in [0.15, 0.2) is 11.5 Å². The van der Waals surface area contributed by atoms with Crippen molar-refractivity contribution in [2.45, 2.75) is 13.2 Å². The van der Waals surface area contributed by atoms with Gasteiger partial charge in [-0.1, -0.05) is 52.5 Å². The number of non-ortho nitro benzene ring substituents is 1. The second-order valence-corrected chi connectivity index (χ2v) is 8.82. The van der Waals surface area contributed by atoms with Gasteiger partial charge in [-0.15, -0.1) is 12.4 Å². The Morgan fingerprint density at radius 2 is 1.71 bits per heavy atom. The fraction of sp³-hybridized carbons (Fsp3) is 0.217. The van der Waals surface area contributed by atoms with Gasteiger partial charge in [-0.2, -0.15) is 0 Å². The van der Waals surface area contributed by atoms with E-state index in [1.807, 2.05) is 6.07 Å². The zero-order valence-electron chi connectivity index (χ0n) is 18.4. The summed E-state index contributed by atoms with van der Waals surface area (Å²) in [6.45, 7) is 1.92. The topological polar surface area (TPSA) is 85.7 Å². The molecule has 0 bridgehead atoms. The molecule has 0 saturated heterocycles. The third kappa shape index (κ3) is 8.20. The average Bonchev–Trinajstić information content (AvgIpc) is 2.79. The van der Waals surface area contributed by atoms with Crippen LogP contribution >= 0.6 is 58.8 Å². The van der Waals surface area contributed by atoms with Gasteiger partial charge in [-0.25, -0.2) is 0 Å². The zero-order chi connectivity index (χ0) is 24.7. The number of nitrogens with zero attached hydrogens (tertiary/aromatic N) is 1. The minimum atomic E-state index is -0.486. The maximum absolute atomic E-state index is 10.8. The van der Waals surface area contributed by atoms with Gasteiger partial charge in [-0.3, -0.25) is 10.1 Å². The summed E-state index contributed by atoms with van der Waals surface area (Å²) in [5, 5.41) is 19.0. The first-order valence-corrected chi connectivity index (χ1v) is 11.6. The first-order valence-electron chi connectivity index (χ1n) is 10.1. The van der Waals surface area contributed by atoms with Crippen LogP contribution in [0, 0.1) is 10.1 Å². The molecule has 3 aromatic carbocycles. The summed E-state index contributed by atoms with van der Waals surface area (Å²) >= 11 is 24.7. The summed E-state index contributed by atoms with van der Waals surface area (Å²) in [5.74, 6) is 0.929. The van der Waals surface area contributed by atoms with Crippen LogP contribution in [0.3, 0.4) is 0 Å². The van der Waals surface area contributed by atoms with Crippen molar-refractivity contribution >= 4 is 70.2 Å². The van der Waals surface area contributed by atoms with Crippen LogP contribution in [0.25, 0.3) is 0 Å². The van der Waals surface area contributed by atoms with Crippen molar-refractivity contribution in [3.8, 4) is 11.5 Å². The van der Waals surface area contributed by atoms with E-state index in [9.17, 15) is 10.1 Å². The average molecular weight is 582 g/mol. The fourth-order valence-corrected chi connectivity index (χ4v) is 4.08. The van der Waals surface area contributed by atoms with Gasteiger partial charge in [0.1, 0.15) is 6.61 Å². The first kappa shape index (κ1) is 29.1. The van der Waals surface area contributed by atoms with Crippen LogP contribution in [0.5, 0.6) is 11.5 Å². The van der Waals surface area contributed by atoms with E-state index in [-0.39, 0.29) is 24.7 Å². The predicted molar refractivity (Wildman–Crippen MR) is 144 cm³/mol. The van der Waals surface area contributed by atoms with Crippen LogP contribution in [0.1, 0.15) is 11.1 Å². The number of nitrogens with one attached hydrogen (secondary N) is 2. The number of hydrogen-bond donors (Lipinski definition) is 2. The van der Waals surface area contributed by atoms with Crippen LogP contribution < -0.4 is 20.1 Å². The lowest BCUT2D eigenvalue weighted by Crippen LogP contribution is -2.22. The summed E-state index contributed by atoms with van der Waals surface area (Å²) in [4.78, 5) is 10.3. The van der Waals surface area contributed by atoms with Gasteiger partial charge in [0.2, 0.25) is 0 Å². The molecule has 0 aliphatic rings. The molecule has 0 atom stereocenters. The molecule has 2 N–H and O–H groups in total. The zero-order valence-corrected chi connectivity index (χ0v) is 22.3. The highest BCUT2D eigenvalue weighted by atomic mass is 35.5. The minimum Gasteiger partial charge on any atom is -0.493 e. The third-order valence-corrected chi connectivity index (χ3v) is 5.97. The van der Waals surface area contributed by atoms with Crippen LogP contribution in [0.15, 0.2) is 48.5 Å². The molecule has 0 fully saturated rings. The molecule has 0 aliphatic carbocycles. The number of nitro groups is 1. The standard InChI is InChI=1S/C23H21Cl4N3O4.ClH/c1-33-22-9-14(8-20(27)23(22)34-13-15-2-3-16(24)10-18(15)25)12-28-6-7-29-21-5-4-17(30(31)32)11-19(21)26;/h2-5,8-11,28-29H,6-7,12-13H2,1H3;1H. The lowest BCUT2D eigenvalue weighted by Gasteiger charge is -2.15. The van der Waals surface area contributed by atoms with Crippen LogP contribution in [-0.2, 0) is 13.2 Å². The Morgan fingerprint density at radius 1 is 0.943 bits per heavy atom. The van der Waals surface area contributed by atoms with Crippen molar-refractivity contribution in [3.05, 3.63) is 89.9 Å². The molecule has 188 valence electrons. The summed E-state index contributed by atoms with van der Waals surface area (Å²) in [6.07, 6.45) is 0. The lowest BCUT2D eigenvalue weighted by atomic mass is 10.2. The molecule has 3 rings (SSSR count). The molecule has 0 aromatic heterocycles. The highest BCUT2D eigenvalue weighted by Gasteiger charge is 2.14. The molecule has 0 heterocycles. The molecule has 0 aliphatic heterocycles. The minimum absolute atomic E-state index is 0. The van der Waals surface area contributed by atoms with Crippen molar-refractivity contribution in [2.24, 2.45) is 0 Å². The number of hydrogen-bond acceptors (Lipinski definition) is 6. The van der Waals surface area contributed by atoms with Gasteiger partial charge in [0.25, 0.3) is 5.69 Å². The molecule has 7 nitrogen and oxygen atoms in total. The third-order valence-electron chi connectivity index (χ3n) is 4.79. The Hall–Kier alpha value is -2.13. The lowest BCUT2D eigenvalue weighted by molar-refractivity contribution is -0.384. The van der Waals surface area contributed by atoms with E-state index in [0.717, 1.165) is 11.1 Å². The number of rotatable bonds is 11. The smallest absolute Gasteiger partial charge is 0.271 e. The molecule has 35 heavy (non-hydrogen) atoms. The van der Waals surface area contributed by atoms with E-state index in [1.54, 1.807) is 37.4 Å². The molecule has 12 heteroatoms. The molecule has 0 spiro atoms. The molecule has 0 radical (unpaired) electrons. The largest absolute Gasteiger partial charge is 0.493 e. The highest BCUT2D eigenvalue weighted by Crippen LogP contribution is 2.37. The van der Waals surface area contributed by atoms with Gasteiger partial charge in [-0.05, 0) is 35.9 Å². The van der Waals surface area contributed by atoms with E-state index < -0.39 is 4.92 Å². The fourth-order valence-electron chi connectivity index (χ4n) is 3.08. The Labute approximate surface area is 229 Å². The van der Waals surface area contributed by atoms with Gasteiger partial charge < -0.3 is 20.1 Å². The maximum atomic E-state index is 10.8. The number of ether oxygens (including phenoxy) is 2. The predicted octanol–water partition coefficient (Wildman–Crippen LogP) is 7.42. The van der Waals surface area contributed by atoms with Crippen LogP contribution in [-0.4, -0.2) is 25.1 Å². The summed E-state index contributed by atoms with van der Waals surface area (Å²) in [5.41, 5.74) is 2.26. The molecular weight excluding hydrogens is 560 g/mol. The SMILES string of the molecule is COc1cc(CNCCNc2ccc([N+](=O)[O-])cc2Cl)cc(Cl)c1OCc1ccc(Cl)cc1Cl.Cl. The number of methoxy groups -OCH3 is 1. The van der Waals surface area contributed by atoms with E-state index in [4.69, 9.17) is 55.9 Å². The molecule has 0 saturated carbocycles. The van der Waals surface area contributed by atoms with Crippen molar-refractivity contribution < 1.29 is 14.4 Å². The number of halogens is 5. The molecule has 3 aromatic rings. The Morgan fingerprint density at radius 3 is 2.37 bits per heavy atom. The van der Waals surface area contributed by atoms with Crippen LogP contribution in [0.2, 0.25) is 20.1 Å². The van der Waals surface area contributed by atoms with E-state index in [2.05, 4.69) is 10.6 Å². The van der Waals surface area contributed by atoms with E-state index in [1.165, 1.54) is 12.1 Å². The molecule has 0 amide bonds. The number of nitro benzene ring substituents is 1. The maximum Gasteiger partial charge on any atom is 0.271 e. The summed E-state index contributed by atoms with van der Waals surface area (Å²) in [7, 11) is 1.54. The van der Waals surface area contributed by atoms with E-state index >= 15 is 0 Å². The Balaban J connectivity index is 0.00000432. The summed E-state index contributed by atoms with van der Waals surface area (Å²) in [6, 6.07) is 13.1. The second-order valence-electron chi connectivity index (χ2n) is 7.16. The van der Waals surface area contributed by atoms with Crippen molar-refractivity contribution in [1.82, 2.24) is 5.32 Å². The van der Waals surface area contributed by atoms with Gasteiger partial charge in [0.05, 0.1) is 27.8 Å².